The lowest BCUT2D eigenvalue weighted by atomic mass is 10.0. The average molecular weight is 298 g/mol. The van der Waals surface area contributed by atoms with Crippen LogP contribution in [0.25, 0.3) is 0 Å². The van der Waals surface area contributed by atoms with Crippen molar-refractivity contribution in [1.29, 1.82) is 5.26 Å². The summed E-state index contributed by atoms with van der Waals surface area (Å²) in [6.07, 6.45) is 2.25. The second-order valence-electron chi connectivity index (χ2n) is 3.89. The number of rotatable bonds is 5. The lowest BCUT2D eigenvalue weighted by Crippen LogP contribution is -2.11. The number of nitriles is 1. The molecule has 0 saturated heterocycles. The van der Waals surface area contributed by atoms with Crippen LogP contribution in [0.15, 0.2) is 33.6 Å². The standard InChI is InChI=1S/C13H16BrNS/c1-3-5-10(2)13(9-15)16-12-7-4-6-11(14)8-12/h4,6-8,10,13H,3,5H2,1-2H3. The summed E-state index contributed by atoms with van der Waals surface area (Å²) in [5.41, 5.74) is 0. The molecule has 0 saturated carbocycles. The van der Waals surface area contributed by atoms with E-state index in [1.807, 2.05) is 12.1 Å². The fourth-order valence-electron chi connectivity index (χ4n) is 1.56. The van der Waals surface area contributed by atoms with Gasteiger partial charge >= 0.3 is 0 Å². The van der Waals surface area contributed by atoms with Crippen molar-refractivity contribution in [1.82, 2.24) is 0 Å². The first-order valence-electron chi connectivity index (χ1n) is 5.49. The summed E-state index contributed by atoms with van der Waals surface area (Å²) in [6.45, 7) is 4.32. The molecule has 1 nitrogen and oxygen atoms in total. The predicted octanol–water partition coefficient (Wildman–Crippen LogP) is 4.87. The Morgan fingerprint density at radius 2 is 2.25 bits per heavy atom. The van der Waals surface area contributed by atoms with Gasteiger partial charge in [-0.1, -0.05) is 42.3 Å². The zero-order valence-corrected chi connectivity index (χ0v) is 12.0. The second-order valence-corrected chi connectivity index (χ2v) is 6.02. The lowest BCUT2D eigenvalue weighted by molar-refractivity contribution is 0.546. The largest absolute Gasteiger partial charge is 0.197 e. The van der Waals surface area contributed by atoms with Crippen molar-refractivity contribution in [2.24, 2.45) is 5.92 Å². The predicted molar refractivity (Wildman–Crippen MR) is 73.5 cm³/mol. The molecule has 0 aliphatic carbocycles. The summed E-state index contributed by atoms with van der Waals surface area (Å²) in [5.74, 6) is 0.444. The van der Waals surface area contributed by atoms with Crippen molar-refractivity contribution < 1.29 is 0 Å². The Morgan fingerprint density at radius 1 is 1.50 bits per heavy atom. The molecular weight excluding hydrogens is 282 g/mol. The molecule has 0 radical (unpaired) electrons. The molecule has 2 atom stereocenters. The molecule has 0 bridgehead atoms. The average Bonchev–Trinajstić information content (AvgIpc) is 2.26. The number of hydrogen-bond acceptors (Lipinski definition) is 2. The van der Waals surface area contributed by atoms with E-state index in [1.165, 1.54) is 0 Å². The number of thioether (sulfide) groups is 1. The van der Waals surface area contributed by atoms with Gasteiger partial charge in [0.25, 0.3) is 0 Å². The van der Waals surface area contributed by atoms with Gasteiger partial charge in [-0.2, -0.15) is 5.26 Å². The lowest BCUT2D eigenvalue weighted by Gasteiger charge is -2.16. The summed E-state index contributed by atoms with van der Waals surface area (Å²) in [6, 6.07) is 10.5. The third-order valence-electron chi connectivity index (χ3n) is 2.45. The van der Waals surface area contributed by atoms with Gasteiger partial charge in [0, 0.05) is 9.37 Å². The minimum atomic E-state index is 0.0502. The molecule has 2 unspecified atom stereocenters. The Labute approximate surface area is 110 Å². The summed E-state index contributed by atoms with van der Waals surface area (Å²) in [7, 11) is 0. The first-order valence-corrected chi connectivity index (χ1v) is 7.16. The van der Waals surface area contributed by atoms with Crippen LogP contribution in [0.1, 0.15) is 26.7 Å². The van der Waals surface area contributed by atoms with E-state index in [4.69, 9.17) is 0 Å². The van der Waals surface area contributed by atoms with Gasteiger partial charge in [0.05, 0.1) is 11.3 Å². The number of halogens is 1. The van der Waals surface area contributed by atoms with Crippen LogP contribution in [0.4, 0.5) is 0 Å². The molecule has 0 heterocycles. The Balaban J connectivity index is 2.67. The molecular formula is C13H16BrNS. The monoisotopic (exact) mass is 297 g/mol. The number of hydrogen-bond donors (Lipinski definition) is 0. The maximum atomic E-state index is 9.17. The third kappa shape index (κ3) is 4.19. The Hall–Kier alpha value is -0.460. The molecule has 0 aromatic heterocycles. The fourth-order valence-corrected chi connectivity index (χ4v) is 3.18. The highest BCUT2D eigenvalue weighted by atomic mass is 79.9. The molecule has 86 valence electrons. The first-order chi connectivity index (χ1) is 7.67. The van der Waals surface area contributed by atoms with Crippen molar-refractivity contribution in [3.8, 4) is 6.07 Å². The van der Waals surface area contributed by atoms with Crippen LogP contribution < -0.4 is 0 Å². The van der Waals surface area contributed by atoms with Crippen molar-refractivity contribution in [3.63, 3.8) is 0 Å². The van der Waals surface area contributed by atoms with E-state index in [0.29, 0.717) is 5.92 Å². The first kappa shape index (κ1) is 13.6. The second kappa shape index (κ2) is 6.98. The van der Waals surface area contributed by atoms with Crippen LogP contribution in [-0.2, 0) is 0 Å². The Morgan fingerprint density at radius 3 is 2.81 bits per heavy atom. The summed E-state index contributed by atoms with van der Waals surface area (Å²) in [4.78, 5) is 1.16. The minimum absolute atomic E-state index is 0.0502. The molecule has 1 aromatic rings. The third-order valence-corrected chi connectivity index (χ3v) is 4.29. The van der Waals surface area contributed by atoms with Crippen LogP contribution in [0, 0.1) is 17.2 Å². The molecule has 16 heavy (non-hydrogen) atoms. The molecule has 0 N–H and O–H groups in total. The summed E-state index contributed by atoms with van der Waals surface area (Å²) < 4.78 is 1.07. The van der Waals surface area contributed by atoms with Crippen LogP contribution in [0.3, 0.4) is 0 Å². The van der Waals surface area contributed by atoms with E-state index in [2.05, 4.69) is 48.0 Å². The molecule has 3 heteroatoms. The highest BCUT2D eigenvalue weighted by molar-refractivity contribution is 9.10. The SMILES string of the molecule is CCCC(C)C(C#N)Sc1cccc(Br)c1. The van der Waals surface area contributed by atoms with E-state index < -0.39 is 0 Å². The van der Waals surface area contributed by atoms with Crippen molar-refractivity contribution in [3.05, 3.63) is 28.7 Å². The normalized spacial score (nSPS) is 14.1. The van der Waals surface area contributed by atoms with E-state index >= 15 is 0 Å². The van der Waals surface area contributed by atoms with Crippen molar-refractivity contribution >= 4 is 27.7 Å². The molecule has 0 fully saturated rings. The zero-order chi connectivity index (χ0) is 12.0. The van der Waals surface area contributed by atoms with Gasteiger partial charge in [-0.15, -0.1) is 11.8 Å². The highest BCUT2D eigenvalue weighted by Crippen LogP contribution is 2.31. The summed E-state index contributed by atoms with van der Waals surface area (Å²) >= 11 is 5.11. The van der Waals surface area contributed by atoms with Gasteiger partial charge in [0.2, 0.25) is 0 Å². The summed E-state index contributed by atoms with van der Waals surface area (Å²) in [5, 5.41) is 9.22. The van der Waals surface area contributed by atoms with Gasteiger partial charge in [0.15, 0.2) is 0 Å². The smallest absolute Gasteiger partial charge is 0.0989 e. The zero-order valence-electron chi connectivity index (χ0n) is 9.61. The van der Waals surface area contributed by atoms with E-state index in [-0.39, 0.29) is 5.25 Å². The molecule has 1 aromatic carbocycles. The molecule has 1 rings (SSSR count). The maximum Gasteiger partial charge on any atom is 0.0989 e. The molecule has 0 aliphatic heterocycles. The number of benzene rings is 1. The van der Waals surface area contributed by atoms with Crippen LogP contribution in [0.2, 0.25) is 0 Å². The van der Waals surface area contributed by atoms with Crippen LogP contribution >= 0.6 is 27.7 Å². The number of nitrogens with zero attached hydrogens (tertiary/aromatic N) is 1. The van der Waals surface area contributed by atoms with Crippen molar-refractivity contribution in [2.75, 3.05) is 0 Å². The molecule has 0 amide bonds. The fraction of sp³-hybridized carbons (Fsp3) is 0.462. The molecule has 0 aliphatic rings. The topological polar surface area (TPSA) is 23.8 Å². The Bertz CT molecular complexity index is 372. The van der Waals surface area contributed by atoms with Gasteiger partial charge in [-0.05, 0) is 30.5 Å². The van der Waals surface area contributed by atoms with Crippen LogP contribution in [-0.4, -0.2) is 5.25 Å². The van der Waals surface area contributed by atoms with E-state index in [9.17, 15) is 5.26 Å². The Kier molecular flexibility index (Phi) is 5.94. The van der Waals surface area contributed by atoms with Crippen LogP contribution in [0.5, 0.6) is 0 Å². The maximum absolute atomic E-state index is 9.17. The van der Waals surface area contributed by atoms with Gasteiger partial charge in [0.1, 0.15) is 0 Å². The van der Waals surface area contributed by atoms with Crippen molar-refractivity contribution in [2.45, 2.75) is 36.8 Å². The van der Waals surface area contributed by atoms with Gasteiger partial charge in [-0.3, -0.25) is 0 Å². The van der Waals surface area contributed by atoms with Gasteiger partial charge in [-0.25, -0.2) is 0 Å². The molecule has 0 spiro atoms. The van der Waals surface area contributed by atoms with E-state index in [1.54, 1.807) is 11.8 Å². The van der Waals surface area contributed by atoms with E-state index in [0.717, 1.165) is 22.2 Å². The quantitative estimate of drug-likeness (QED) is 0.724. The highest BCUT2D eigenvalue weighted by Gasteiger charge is 2.17. The van der Waals surface area contributed by atoms with Gasteiger partial charge < -0.3 is 0 Å². The minimum Gasteiger partial charge on any atom is -0.197 e.